The fourth-order valence-electron chi connectivity index (χ4n) is 0.743. The first-order valence-electron chi connectivity index (χ1n) is 2.86. The standard InChI is InChI=1S/C7H8O2S.Ag/c1-6-4-2-3-5-7(6)10(8)9;/h2-5H,1H3,(H,8,9);/q;+1/p-1. The van der Waals surface area contributed by atoms with Crippen molar-refractivity contribution in [3.05, 3.63) is 29.8 Å². The van der Waals surface area contributed by atoms with Crippen molar-refractivity contribution in [1.82, 2.24) is 0 Å². The van der Waals surface area contributed by atoms with E-state index in [0.717, 1.165) is 5.56 Å². The predicted octanol–water partition coefficient (Wildman–Crippen LogP) is 1.23. The van der Waals surface area contributed by atoms with E-state index in [1.807, 2.05) is 6.07 Å². The van der Waals surface area contributed by atoms with Crippen LogP contribution in [0.1, 0.15) is 5.56 Å². The van der Waals surface area contributed by atoms with Crippen LogP contribution in [0.15, 0.2) is 29.2 Å². The molecule has 0 aliphatic heterocycles. The van der Waals surface area contributed by atoms with Gasteiger partial charge in [0, 0.05) is 4.90 Å². The van der Waals surface area contributed by atoms with Crippen LogP contribution in [0.3, 0.4) is 0 Å². The minimum atomic E-state index is -2.09. The summed E-state index contributed by atoms with van der Waals surface area (Å²) in [6.45, 7) is 1.77. The second-order valence-corrected chi connectivity index (χ2v) is 2.91. The molecule has 1 aromatic carbocycles. The van der Waals surface area contributed by atoms with Crippen LogP contribution >= 0.6 is 0 Å². The van der Waals surface area contributed by atoms with Crippen molar-refractivity contribution in [2.75, 3.05) is 0 Å². The molecule has 64 valence electrons. The third kappa shape index (κ3) is 2.89. The van der Waals surface area contributed by atoms with Crippen LogP contribution in [0, 0.1) is 6.92 Å². The number of aryl methyl sites for hydroxylation is 1. The summed E-state index contributed by atoms with van der Waals surface area (Å²) in [6, 6.07) is 6.87. The van der Waals surface area contributed by atoms with E-state index in [9.17, 15) is 8.76 Å². The molecule has 0 amide bonds. The van der Waals surface area contributed by atoms with E-state index in [1.54, 1.807) is 25.1 Å². The van der Waals surface area contributed by atoms with Crippen molar-refractivity contribution in [3.8, 4) is 0 Å². The SMILES string of the molecule is Cc1ccccc1S(=O)[O-].[Ag+]. The van der Waals surface area contributed by atoms with Gasteiger partial charge in [0.25, 0.3) is 0 Å². The molecule has 0 bridgehead atoms. The predicted molar refractivity (Wildman–Crippen MR) is 38.4 cm³/mol. The van der Waals surface area contributed by atoms with Gasteiger partial charge in [-0.05, 0) is 29.6 Å². The molecule has 0 heterocycles. The molecule has 0 saturated carbocycles. The van der Waals surface area contributed by atoms with Crippen LogP contribution in [0.25, 0.3) is 0 Å². The van der Waals surface area contributed by atoms with Gasteiger partial charge in [-0.3, -0.25) is 4.21 Å². The second-order valence-electron chi connectivity index (χ2n) is 2.00. The van der Waals surface area contributed by atoms with Gasteiger partial charge >= 0.3 is 22.4 Å². The molecular weight excluding hydrogens is 256 g/mol. The van der Waals surface area contributed by atoms with Crippen LogP contribution in [0.4, 0.5) is 0 Å². The molecule has 0 aromatic heterocycles. The van der Waals surface area contributed by atoms with E-state index in [-0.39, 0.29) is 22.4 Å². The molecule has 0 saturated heterocycles. The van der Waals surface area contributed by atoms with Gasteiger partial charge in [0.1, 0.15) is 0 Å². The summed E-state index contributed by atoms with van der Waals surface area (Å²) in [5, 5.41) is 0. The molecule has 0 aliphatic rings. The number of hydrogen-bond acceptors (Lipinski definition) is 2. The minimum Gasteiger partial charge on any atom is -0.768 e. The smallest absolute Gasteiger partial charge is 0.768 e. The van der Waals surface area contributed by atoms with Gasteiger partial charge in [0.2, 0.25) is 0 Å². The summed E-state index contributed by atoms with van der Waals surface area (Å²) >= 11 is -2.09. The van der Waals surface area contributed by atoms with E-state index in [1.165, 1.54) is 0 Å². The molecule has 2 nitrogen and oxygen atoms in total. The van der Waals surface area contributed by atoms with Crippen molar-refractivity contribution in [2.24, 2.45) is 0 Å². The second kappa shape index (κ2) is 4.85. The first-order valence-corrected chi connectivity index (χ1v) is 3.94. The van der Waals surface area contributed by atoms with Crippen molar-refractivity contribution >= 4 is 11.1 Å². The fraction of sp³-hybridized carbons (Fsp3) is 0.143. The van der Waals surface area contributed by atoms with Crippen molar-refractivity contribution in [2.45, 2.75) is 11.8 Å². The Kier molecular flexibility index (Phi) is 4.88. The summed E-state index contributed by atoms with van der Waals surface area (Å²) in [5.74, 6) is 0. The van der Waals surface area contributed by atoms with Gasteiger partial charge in [0.15, 0.2) is 0 Å². The summed E-state index contributed by atoms with van der Waals surface area (Å²) in [7, 11) is 0. The molecule has 4 heteroatoms. The summed E-state index contributed by atoms with van der Waals surface area (Å²) in [5.41, 5.74) is 0.788. The van der Waals surface area contributed by atoms with E-state index in [4.69, 9.17) is 0 Å². The Morgan fingerprint density at radius 1 is 1.36 bits per heavy atom. The Labute approximate surface area is 83.8 Å². The summed E-state index contributed by atoms with van der Waals surface area (Å²) < 4.78 is 20.8. The molecule has 11 heavy (non-hydrogen) atoms. The van der Waals surface area contributed by atoms with Gasteiger partial charge in [-0.1, -0.05) is 18.2 Å². The number of benzene rings is 1. The molecule has 0 spiro atoms. The van der Waals surface area contributed by atoms with Gasteiger partial charge in [-0.15, -0.1) is 0 Å². The first-order chi connectivity index (χ1) is 4.72. The average Bonchev–Trinajstić information content (AvgIpc) is 1.88. The van der Waals surface area contributed by atoms with E-state index in [2.05, 4.69) is 0 Å². The van der Waals surface area contributed by atoms with Gasteiger partial charge in [0.05, 0.1) is 0 Å². The Bertz CT molecular complexity index is 262. The normalized spacial score (nSPS) is 11.8. The van der Waals surface area contributed by atoms with Crippen LogP contribution in [0.2, 0.25) is 0 Å². The largest absolute Gasteiger partial charge is 1.00 e. The zero-order chi connectivity index (χ0) is 7.56. The number of hydrogen-bond donors (Lipinski definition) is 0. The molecule has 0 fully saturated rings. The molecule has 0 radical (unpaired) electrons. The molecule has 1 unspecified atom stereocenters. The van der Waals surface area contributed by atoms with Crippen LogP contribution in [0.5, 0.6) is 0 Å². The Morgan fingerprint density at radius 3 is 2.27 bits per heavy atom. The van der Waals surface area contributed by atoms with Crippen molar-refractivity contribution in [1.29, 1.82) is 0 Å². The molecule has 0 N–H and O–H groups in total. The third-order valence-electron chi connectivity index (χ3n) is 1.27. The van der Waals surface area contributed by atoms with Gasteiger partial charge < -0.3 is 4.55 Å². The molecule has 0 aliphatic carbocycles. The minimum absolute atomic E-state index is 0. The first kappa shape index (κ1) is 11.1. The molecular formula is C7H7AgO2S. The maximum Gasteiger partial charge on any atom is 1.00 e. The Balaban J connectivity index is 0.000001000. The van der Waals surface area contributed by atoms with Crippen molar-refractivity contribution in [3.63, 3.8) is 0 Å². The molecule has 1 atom stereocenters. The average molecular weight is 263 g/mol. The maximum absolute atomic E-state index is 10.4. The maximum atomic E-state index is 10.4. The van der Waals surface area contributed by atoms with Gasteiger partial charge in [-0.25, -0.2) is 0 Å². The molecule has 1 aromatic rings. The van der Waals surface area contributed by atoms with E-state index < -0.39 is 11.1 Å². The zero-order valence-corrected chi connectivity index (χ0v) is 8.13. The monoisotopic (exact) mass is 262 g/mol. The van der Waals surface area contributed by atoms with E-state index >= 15 is 0 Å². The quantitative estimate of drug-likeness (QED) is 0.564. The van der Waals surface area contributed by atoms with Gasteiger partial charge in [-0.2, -0.15) is 0 Å². The van der Waals surface area contributed by atoms with Crippen molar-refractivity contribution < 1.29 is 31.1 Å². The zero-order valence-electron chi connectivity index (χ0n) is 5.84. The van der Waals surface area contributed by atoms with Crippen LogP contribution in [-0.4, -0.2) is 8.76 Å². The number of rotatable bonds is 1. The Morgan fingerprint density at radius 2 is 1.91 bits per heavy atom. The van der Waals surface area contributed by atoms with E-state index in [0.29, 0.717) is 4.90 Å². The third-order valence-corrected chi connectivity index (χ3v) is 2.09. The fourth-order valence-corrected chi connectivity index (χ4v) is 1.26. The molecule has 1 rings (SSSR count). The summed E-state index contributed by atoms with van der Waals surface area (Å²) in [6.07, 6.45) is 0. The van der Waals surface area contributed by atoms with Crippen LogP contribution in [-0.2, 0) is 33.5 Å². The summed E-state index contributed by atoms with van der Waals surface area (Å²) in [4.78, 5) is 0.377. The van der Waals surface area contributed by atoms with Crippen LogP contribution < -0.4 is 0 Å². The Hall–Kier alpha value is 0.0703. The topological polar surface area (TPSA) is 40.1 Å².